The number of nitrogens with zero attached hydrogens (tertiary/aromatic N) is 3. The lowest BCUT2D eigenvalue weighted by Gasteiger charge is -2.08. The van der Waals surface area contributed by atoms with Gasteiger partial charge < -0.3 is 14.1 Å². The van der Waals surface area contributed by atoms with E-state index in [9.17, 15) is 14.0 Å². The van der Waals surface area contributed by atoms with E-state index in [0.717, 1.165) is 6.42 Å². The van der Waals surface area contributed by atoms with Crippen LogP contribution in [0.25, 0.3) is 33.9 Å². The maximum Gasteiger partial charge on any atom is 0.316 e. The van der Waals surface area contributed by atoms with Crippen molar-refractivity contribution in [1.29, 1.82) is 0 Å². The Kier molecular flexibility index (Phi) is 4.15. The van der Waals surface area contributed by atoms with Crippen molar-refractivity contribution in [2.24, 2.45) is 0 Å². The second kappa shape index (κ2) is 6.64. The highest BCUT2D eigenvalue weighted by molar-refractivity contribution is 5.80. The van der Waals surface area contributed by atoms with E-state index >= 15 is 0 Å². The molecule has 0 atom stereocenters. The average molecular weight is 366 g/mol. The lowest BCUT2D eigenvalue weighted by Crippen LogP contribution is -2.36. The first-order valence-electron chi connectivity index (χ1n) is 8.44. The molecule has 4 aromatic rings. The number of aryl methyl sites for hydroxylation is 1. The van der Waals surface area contributed by atoms with Crippen molar-refractivity contribution in [2.45, 2.75) is 19.9 Å². The highest BCUT2D eigenvalue weighted by Crippen LogP contribution is 2.25. The minimum Gasteiger partial charge on any atom is -0.334 e. The van der Waals surface area contributed by atoms with Gasteiger partial charge in [0.2, 0.25) is 5.82 Å². The molecular formula is C19H15FN4O3. The molecule has 4 rings (SSSR count). The van der Waals surface area contributed by atoms with Crippen LogP contribution in [0.1, 0.15) is 13.3 Å². The molecule has 0 aliphatic rings. The van der Waals surface area contributed by atoms with E-state index in [1.54, 1.807) is 36.4 Å². The maximum atomic E-state index is 13.9. The number of benzene rings is 2. The third-order valence-corrected chi connectivity index (χ3v) is 4.21. The molecule has 0 radical (unpaired) electrons. The van der Waals surface area contributed by atoms with Crippen molar-refractivity contribution < 1.29 is 8.91 Å². The van der Waals surface area contributed by atoms with E-state index in [0.29, 0.717) is 23.1 Å². The first-order chi connectivity index (χ1) is 13.1. The predicted octanol–water partition coefficient (Wildman–Crippen LogP) is 2.96. The Morgan fingerprint density at radius 3 is 2.78 bits per heavy atom. The Labute approximate surface area is 152 Å². The normalized spacial score (nSPS) is 11.2. The van der Waals surface area contributed by atoms with Gasteiger partial charge >= 0.3 is 11.1 Å². The van der Waals surface area contributed by atoms with Gasteiger partial charge in [-0.25, -0.2) is 4.39 Å². The number of nitrogens with one attached hydrogen (secondary N) is 1. The molecule has 0 saturated carbocycles. The fraction of sp³-hybridized carbons (Fsp3) is 0.158. The van der Waals surface area contributed by atoms with Crippen molar-refractivity contribution in [3.8, 4) is 22.8 Å². The highest BCUT2D eigenvalue weighted by Gasteiger charge is 2.15. The number of aromatic amines is 1. The van der Waals surface area contributed by atoms with E-state index in [1.807, 2.05) is 6.92 Å². The summed E-state index contributed by atoms with van der Waals surface area (Å²) in [5.74, 6) is -0.143. The van der Waals surface area contributed by atoms with Crippen molar-refractivity contribution in [3.05, 3.63) is 69.0 Å². The lowest BCUT2D eigenvalue weighted by atomic mass is 10.1. The molecule has 0 bridgehead atoms. The molecule has 0 saturated heterocycles. The molecular weight excluding hydrogens is 351 g/mol. The summed E-state index contributed by atoms with van der Waals surface area (Å²) in [5.41, 5.74) is 0.617. The highest BCUT2D eigenvalue weighted by atomic mass is 19.1. The molecule has 0 amide bonds. The summed E-state index contributed by atoms with van der Waals surface area (Å²) in [5, 5.41) is 3.90. The maximum absolute atomic E-state index is 13.9. The second-order valence-electron chi connectivity index (χ2n) is 6.05. The molecule has 2 heterocycles. The van der Waals surface area contributed by atoms with Crippen LogP contribution in [0.3, 0.4) is 0 Å². The molecule has 0 unspecified atom stereocenters. The summed E-state index contributed by atoms with van der Waals surface area (Å²) < 4.78 is 20.5. The first-order valence-corrected chi connectivity index (χ1v) is 8.44. The van der Waals surface area contributed by atoms with E-state index in [4.69, 9.17) is 4.52 Å². The van der Waals surface area contributed by atoms with E-state index in [1.165, 1.54) is 10.6 Å². The molecule has 27 heavy (non-hydrogen) atoms. The second-order valence-corrected chi connectivity index (χ2v) is 6.05. The number of H-pyrrole nitrogens is 1. The smallest absolute Gasteiger partial charge is 0.316 e. The molecule has 0 aliphatic heterocycles. The predicted molar refractivity (Wildman–Crippen MR) is 97.8 cm³/mol. The van der Waals surface area contributed by atoms with Crippen LogP contribution in [0, 0.1) is 5.82 Å². The Morgan fingerprint density at radius 2 is 2.00 bits per heavy atom. The van der Waals surface area contributed by atoms with Crippen molar-refractivity contribution in [1.82, 2.24) is 19.7 Å². The van der Waals surface area contributed by atoms with Crippen LogP contribution in [-0.4, -0.2) is 19.7 Å². The van der Waals surface area contributed by atoms with Crippen molar-refractivity contribution in [3.63, 3.8) is 0 Å². The van der Waals surface area contributed by atoms with Crippen LogP contribution in [-0.2, 0) is 6.54 Å². The van der Waals surface area contributed by atoms with Crippen molar-refractivity contribution in [2.75, 3.05) is 0 Å². The number of fused-ring (bicyclic) bond motifs is 1. The van der Waals surface area contributed by atoms with Gasteiger partial charge in [-0.3, -0.25) is 9.59 Å². The van der Waals surface area contributed by atoms with Gasteiger partial charge in [0, 0.05) is 12.1 Å². The van der Waals surface area contributed by atoms with Gasteiger partial charge in [-0.1, -0.05) is 24.2 Å². The number of aromatic nitrogens is 4. The van der Waals surface area contributed by atoms with Crippen LogP contribution < -0.4 is 11.1 Å². The Morgan fingerprint density at radius 1 is 1.19 bits per heavy atom. The molecule has 0 aliphatic carbocycles. The number of halogens is 1. The topological polar surface area (TPSA) is 93.8 Å². The zero-order valence-electron chi connectivity index (χ0n) is 14.4. The van der Waals surface area contributed by atoms with Crippen LogP contribution >= 0.6 is 0 Å². The van der Waals surface area contributed by atoms with Crippen LogP contribution in [0.5, 0.6) is 0 Å². The summed E-state index contributed by atoms with van der Waals surface area (Å²) >= 11 is 0. The summed E-state index contributed by atoms with van der Waals surface area (Å²) in [6.07, 6.45) is 0.719. The minimum atomic E-state index is -0.687. The van der Waals surface area contributed by atoms with Gasteiger partial charge in [0.1, 0.15) is 5.82 Å². The SMILES string of the molecule is CCCn1c(=O)c(=O)[nH]c2cc(-c3noc(-c4ccccc4F)n3)ccc21. The zero-order chi connectivity index (χ0) is 19.0. The quantitative estimate of drug-likeness (QED) is 0.561. The monoisotopic (exact) mass is 366 g/mol. The number of hydrogen-bond acceptors (Lipinski definition) is 5. The van der Waals surface area contributed by atoms with Gasteiger partial charge in [0.25, 0.3) is 5.89 Å². The van der Waals surface area contributed by atoms with E-state index in [2.05, 4.69) is 15.1 Å². The molecule has 2 aromatic heterocycles. The number of rotatable bonds is 4. The zero-order valence-corrected chi connectivity index (χ0v) is 14.4. The standard InChI is InChI=1S/C19H15FN4O3/c1-2-9-24-15-8-7-11(10-14(15)21-17(25)19(24)26)16-22-18(27-23-16)12-5-3-4-6-13(12)20/h3-8,10H,2,9H2,1H3,(H,21,25). The first kappa shape index (κ1) is 16.9. The molecule has 0 spiro atoms. The molecule has 136 valence electrons. The third-order valence-electron chi connectivity index (χ3n) is 4.21. The van der Waals surface area contributed by atoms with Gasteiger partial charge in [0.15, 0.2) is 0 Å². The third kappa shape index (κ3) is 2.95. The number of hydrogen-bond donors (Lipinski definition) is 1. The fourth-order valence-corrected chi connectivity index (χ4v) is 2.95. The van der Waals surface area contributed by atoms with Crippen molar-refractivity contribution >= 4 is 11.0 Å². The molecule has 1 N–H and O–H groups in total. The summed E-state index contributed by atoms with van der Waals surface area (Å²) in [4.78, 5) is 30.8. The van der Waals surface area contributed by atoms with Crippen LogP contribution in [0.4, 0.5) is 4.39 Å². The largest absolute Gasteiger partial charge is 0.334 e. The molecule has 0 fully saturated rings. The molecule has 7 nitrogen and oxygen atoms in total. The Hall–Kier alpha value is -3.55. The van der Waals surface area contributed by atoms with Gasteiger partial charge in [0.05, 0.1) is 16.6 Å². The van der Waals surface area contributed by atoms with Gasteiger partial charge in [-0.15, -0.1) is 0 Å². The van der Waals surface area contributed by atoms with E-state index < -0.39 is 16.9 Å². The van der Waals surface area contributed by atoms with Crippen LogP contribution in [0.2, 0.25) is 0 Å². The van der Waals surface area contributed by atoms with E-state index in [-0.39, 0.29) is 17.3 Å². The Balaban J connectivity index is 1.82. The fourth-order valence-electron chi connectivity index (χ4n) is 2.95. The average Bonchev–Trinajstić information content (AvgIpc) is 3.15. The summed E-state index contributed by atoms with van der Waals surface area (Å²) in [6.45, 7) is 2.37. The van der Waals surface area contributed by atoms with Crippen LogP contribution in [0.15, 0.2) is 56.6 Å². The lowest BCUT2D eigenvalue weighted by molar-refractivity contribution is 0.429. The summed E-state index contributed by atoms with van der Waals surface area (Å²) in [7, 11) is 0. The molecule has 8 heteroatoms. The Bertz CT molecular complexity index is 1260. The van der Waals surface area contributed by atoms with Gasteiger partial charge in [-0.05, 0) is 36.8 Å². The molecule has 2 aromatic carbocycles. The summed E-state index contributed by atoms with van der Waals surface area (Å²) in [6, 6.07) is 11.2. The van der Waals surface area contributed by atoms with Gasteiger partial charge in [-0.2, -0.15) is 4.98 Å². The minimum absolute atomic E-state index is 0.0626.